The molecule has 37 heavy (non-hydrogen) atoms. The molecule has 0 radical (unpaired) electrons. The molecule has 204 valence electrons. The average Bonchev–Trinajstić information content (AvgIpc) is 2.89. The Bertz CT molecular complexity index is 902. The van der Waals surface area contributed by atoms with Crippen molar-refractivity contribution in [1.29, 1.82) is 0 Å². The lowest BCUT2D eigenvalue weighted by molar-refractivity contribution is -0.137. The molecule has 0 spiro atoms. The Morgan fingerprint density at radius 1 is 0.865 bits per heavy atom. The molecule has 2 aromatic rings. The maximum atomic E-state index is 12.4. The molecule has 0 unspecified atom stereocenters. The van der Waals surface area contributed by atoms with Crippen LogP contribution in [0, 0.1) is 5.41 Å². The summed E-state index contributed by atoms with van der Waals surface area (Å²) in [5, 5.41) is 0. The second-order valence-electron chi connectivity index (χ2n) is 10.8. The Morgan fingerprint density at radius 3 is 2.11 bits per heavy atom. The summed E-state index contributed by atoms with van der Waals surface area (Å²) in [5.41, 5.74) is 3.00. The molecule has 2 aromatic carbocycles. The van der Waals surface area contributed by atoms with E-state index in [-0.39, 0.29) is 17.5 Å². The first-order valence-corrected chi connectivity index (χ1v) is 14.2. The molecule has 1 aliphatic rings. The first kappa shape index (κ1) is 29.2. The number of rotatable bonds is 18. The molecule has 1 fully saturated rings. The highest BCUT2D eigenvalue weighted by Crippen LogP contribution is 2.27. The van der Waals surface area contributed by atoms with E-state index in [0.717, 1.165) is 88.4 Å². The summed E-state index contributed by atoms with van der Waals surface area (Å²) in [6.45, 7) is 10.4. The molecule has 3 rings (SSSR count). The smallest absolute Gasteiger partial charge is 0.338 e. The van der Waals surface area contributed by atoms with Crippen LogP contribution in [-0.4, -0.2) is 45.1 Å². The Labute approximate surface area is 223 Å². The highest BCUT2D eigenvalue weighted by Gasteiger charge is 2.33. The third kappa shape index (κ3) is 10.5. The van der Waals surface area contributed by atoms with E-state index < -0.39 is 0 Å². The highest BCUT2D eigenvalue weighted by molar-refractivity contribution is 5.90. The van der Waals surface area contributed by atoms with Crippen molar-refractivity contribution in [3.05, 3.63) is 54.1 Å². The number of hydrogen-bond acceptors (Lipinski definition) is 5. The number of unbranched alkanes of at least 4 members (excludes halogenated alkanes) is 6. The van der Waals surface area contributed by atoms with Crippen molar-refractivity contribution in [3.8, 4) is 16.9 Å². The van der Waals surface area contributed by atoms with Crippen LogP contribution in [0.1, 0.15) is 88.9 Å². The van der Waals surface area contributed by atoms with Crippen molar-refractivity contribution in [3.63, 3.8) is 0 Å². The van der Waals surface area contributed by atoms with E-state index in [1.54, 1.807) is 0 Å². The van der Waals surface area contributed by atoms with Crippen LogP contribution in [0.2, 0.25) is 0 Å². The van der Waals surface area contributed by atoms with Crippen LogP contribution in [0.15, 0.2) is 48.5 Å². The van der Waals surface area contributed by atoms with Gasteiger partial charge >= 0.3 is 5.97 Å². The first-order valence-electron chi connectivity index (χ1n) is 14.2. The van der Waals surface area contributed by atoms with Crippen LogP contribution in [-0.2, 0) is 14.2 Å². The molecule has 5 nitrogen and oxygen atoms in total. The molecule has 0 amide bonds. The summed E-state index contributed by atoms with van der Waals surface area (Å²) in [5.74, 6) is 0.639. The van der Waals surface area contributed by atoms with Gasteiger partial charge in [0.25, 0.3) is 0 Å². The van der Waals surface area contributed by atoms with E-state index in [2.05, 4.69) is 26.0 Å². The van der Waals surface area contributed by atoms with Crippen LogP contribution < -0.4 is 4.74 Å². The third-order valence-corrected chi connectivity index (χ3v) is 6.88. The Kier molecular flexibility index (Phi) is 12.5. The number of ether oxygens (including phenoxy) is 4. The first-order chi connectivity index (χ1) is 18.0. The Hall–Kier alpha value is -2.37. The van der Waals surface area contributed by atoms with E-state index in [1.807, 2.05) is 43.3 Å². The minimum absolute atomic E-state index is 0.0492. The number of carbonyl (C=O) groups excluding carboxylic acids is 1. The highest BCUT2D eigenvalue weighted by atomic mass is 16.5. The monoisotopic (exact) mass is 510 g/mol. The van der Waals surface area contributed by atoms with Crippen molar-refractivity contribution >= 4 is 5.97 Å². The minimum Gasteiger partial charge on any atom is -0.494 e. The van der Waals surface area contributed by atoms with Crippen LogP contribution in [0.5, 0.6) is 5.75 Å². The van der Waals surface area contributed by atoms with Crippen molar-refractivity contribution in [1.82, 2.24) is 0 Å². The van der Waals surface area contributed by atoms with Crippen molar-refractivity contribution in [2.24, 2.45) is 5.41 Å². The molecule has 1 aliphatic heterocycles. The van der Waals surface area contributed by atoms with Gasteiger partial charge in [-0.3, -0.25) is 0 Å². The SMILES string of the molecule is CCCCCC[C@@H](C)OC(=O)c1ccc(-c2ccc(OCCCCCCOCC3(C)COC3)cc2)cc1. The van der Waals surface area contributed by atoms with Crippen LogP contribution in [0.4, 0.5) is 0 Å². The zero-order valence-corrected chi connectivity index (χ0v) is 23.1. The van der Waals surface area contributed by atoms with Gasteiger partial charge < -0.3 is 18.9 Å². The molecule has 1 heterocycles. The van der Waals surface area contributed by atoms with Gasteiger partial charge in [-0.25, -0.2) is 4.79 Å². The fourth-order valence-corrected chi connectivity index (χ4v) is 4.41. The number of esters is 1. The molecule has 1 atom stereocenters. The molecular formula is C32H46O5. The summed E-state index contributed by atoms with van der Waals surface area (Å²) < 4.78 is 22.6. The van der Waals surface area contributed by atoms with E-state index in [9.17, 15) is 4.79 Å². The lowest BCUT2D eigenvalue weighted by atomic mass is 9.90. The van der Waals surface area contributed by atoms with Crippen LogP contribution in [0.25, 0.3) is 11.1 Å². The molecule has 1 saturated heterocycles. The minimum atomic E-state index is -0.246. The van der Waals surface area contributed by atoms with E-state index in [0.29, 0.717) is 5.56 Å². The summed E-state index contributed by atoms with van der Waals surface area (Å²) in [6, 6.07) is 15.8. The molecule has 0 saturated carbocycles. The van der Waals surface area contributed by atoms with Gasteiger partial charge in [0.1, 0.15) is 5.75 Å². The summed E-state index contributed by atoms with van der Waals surface area (Å²) in [6.07, 6.45) is 10.1. The quantitative estimate of drug-likeness (QED) is 0.151. The van der Waals surface area contributed by atoms with E-state index in [4.69, 9.17) is 18.9 Å². The number of hydrogen-bond donors (Lipinski definition) is 0. The topological polar surface area (TPSA) is 54.0 Å². The number of carbonyl (C=O) groups is 1. The second-order valence-corrected chi connectivity index (χ2v) is 10.8. The molecular weight excluding hydrogens is 464 g/mol. The molecule has 0 aliphatic carbocycles. The van der Waals surface area contributed by atoms with Crippen LogP contribution >= 0.6 is 0 Å². The van der Waals surface area contributed by atoms with Gasteiger partial charge in [0, 0.05) is 12.0 Å². The van der Waals surface area contributed by atoms with Crippen molar-refractivity contribution < 1.29 is 23.7 Å². The summed E-state index contributed by atoms with van der Waals surface area (Å²) in [7, 11) is 0. The molecule has 0 aromatic heterocycles. The fraction of sp³-hybridized carbons (Fsp3) is 0.594. The van der Waals surface area contributed by atoms with Gasteiger partial charge in [0.05, 0.1) is 38.1 Å². The van der Waals surface area contributed by atoms with Gasteiger partial charge in [-0.1, -0.05) is 63.8 Å². The normalized spacial score (nSPS) is 15.1. The molecule has 0 bridgehead atoms. The van der Waals surface area contributed by atoms with Gasteiger partial charge in [-0.2, -0.15) is 0 Å². The standard InChI is InChI=1S/C32H46O5/c1-4-5-6-9-12-26(2)37-31(33)29-15-13-27(14-16-29)28-17-19-30(20-18-28)36-22-11-8-7-10-21-34-23-32(3)24-35-25-32/h13-20,26H,4-12,21-25H2,1-3H3/t26-/m1/s1. The van der Waals surface area contributed by atoms with E-state index >= 15 is 0 Å². The second kappa shape index (κ2) is 15.8. The zero-order chi connectivity index (χ0) is 26.3. The van der Waals surface area contributed by atoms with Crippen LogP contribution in [0.3, 0.4) is 0 Å². The fourth-order valence-electron chi connectivity index (χ4n) is 4.41. The molecule has 0 N–H and O–H groups in total. The average molecular weight is 511 g/mol. The van der Waals surface area contributed by atoms with Crippen molar-refractivity contribution in [2.45, 2.75) is 84.7 Å². The zero-order valence-electron chi connectivity index (χ0n) is 23.1. The Morgan fingerprint density at radius 2 is 1.49 bits per heavy atom. The van der Waals surface area contributed by atoms with E-state index in [1.165, 1.54) is 19.3 Å². The maximum Gasteiger partial charge on any atom is 0.338 e. The Balaban J connectivity index is 1.30. The van der Waals surface area contributed by atoms with Gasteiger partial charge in [-0.15, -0.1) is 0 Å². The van der Waals surface area contributed by atoms with Gasteiger partial charge in [0.15, 0.2) is 0 Å². The summed E-state index contributed by atoms with van der Waals surface area (Å²) in [4.78, 5) is 12.4. The van der Waals surface area contributed by atoms with Gasteiger partial charge in [-0.05, 0) is 74.4 Å². The lowest BCUT2D eigenvalue weighted by Crippen LogP contribution is -2.43. The number of benzene rings is 2. The maximum absolute atomic E-state index is 12.4. The lowest BCUT2D eigenvalue weighted by Gasteiger charge is -2.37. The predicted octanol–water partition coefficient (Wildman–Crippen LogP) is 7.86. The largest absolute Gasteiger partial charge is 0.494 e. The van der Waals surface area contributed by atoms with Crippen molar-refractivity contribution in [2.75, 3.05) is 33.0 Å². The summed E-state index contributed by atoms with van der Waals surface area (Å²) >= 11 is 0. The predicted molar refractivity (Wildman–Crippen MR) is 149 cm³/mol. The van der Waals surface area contributed by atoms with Gasteiger partial charge in [0.2, 0.25) is 0 Å². The third-order valence-electron chi connectivity index (χ3n) is 6.88. The molecule has 5 heteroatoms.